The molecule has 4 nitrogen and oxygen atoms in total. The van der Waals surface area contributed by atoms with Gasteiger partial charge in [-0.3, -0.25) is 9.48 Å². The maximum Gasteiger partial charge on any atom is 0.265 e. The predicted molar refractivity (Wildman–Crippen MR) is 76.7 cm³/mol. The van der Waals surface area contributed by atoms with Gasteiger partial charge in [0, 0.05) is 7.05 Å². The average Bonchev–Trinajstić information content (AvgIpc) is 2.90. The molecule has 0 aromatic carbocycles. The molecule has 2 heterocycles. The molecule has 0 radical (unpaired) electrons. The largest absolute Gasteiger partial charge is 0.318 e. The number of anilines is 1. The molecule has 6 heteroatoms. The number of carbonyl (C=O) groups is 1. The Morgan fingerprint density at radius 2 is 2.17 bits per heavy atom. The lowest BCUT2D eigenvalue weighted by molar-refractivity contribution is 0.103. The zero-order valence-corrected chi connectivity index (χ0v) is 12.4. The van der Waals surface area contributed by atoms with Crippen molar-refractivity contribution in [1.29, 1.82) is 0 Å². The molecule has 1 N–H and O–H groups in total. The second-order valence-electron chi connectivity index (χ2n) is 3.95. The quantitative estimate of drug-likeness (QED) is 0.880. The summed E-state index contributed by atoms with van der Waals surface area (Å²) in [5.41, 5.74) is 2.61. The van der Waals surface area contributed by atoms with Gasteiger partial charge in [-0.15, -0.1) is 23.1 Å². The highest BCUT2D eigenvalue weighted by atomic mass is 32.2. The number of aryl methyl sites for hydroxylation is 2. The van der Waals surface area contributed by atoms with Crippen LogP contribution in [0, 0.1) is 13.8 Å². The fourth-order valence-corrected chi connectivity index (χ4v) is 3.12. The fourth-order valence-electron chi connectivity index (χ4n) is 1.68. The number of amides is 1. The second kappa shape index (κ2) is 5.16. The first-order chi connectivity index (χ1) is 8.52. The topological polar surface area (TPSA) is 46.9 Å². The van der Waals surface area contributed by atoms with Crippen LogP contribution in [0.3, 0.4) is 0 Å². The minimum Gasteiger partial charge on any atom is -0.318 e. The molecule has 0 aliphatic carbocycles. The lowest BCUT2D eigenvalue weighted by Gasteiger charge is -2.03. The van der Waals surface area contributed by atoms with Gasteiger partial charge in [-0.2, -0.15) is 5.10 Å². The van der Waals surface area contributed by atoms with Crippen molar-refractivity contribution in [2.24, 2.45) is 7.05 Å². The summed E-state index contributed by atoms with van der Waals surface area (Å²) >= 11 is 3.15. The summed E-state index contributed by atoms with van der Waals surface area (Å²) in [4.78, 5) is 12.8. The maximum atomic E-state index is 12.1. The van der Waals surface area contributed by atoms with E-state index in [4.69, 9.17) is 0 Å². The molecule has 96 valence electrons. The minimum atomic E-state index is -0.0699. The molecule has 0 aliphatic rings. The fraction of sp³-hybridized carbons (Fsp3) is 0.333. The van der Waals surface area contributed by atoms with E-state index in [-0.39, 0.29) is 5.91 Å². The van der Waals surface area contributed by atoms with Gasteiger partial charge in [0.15, 0.2) is 0 Å². The van der Waals surface area contributed by atoms with Crippen molar-refractivity contribution in [3.63, 3.8) is 0 Å². The number of nitrogens with zero attached hydrogens (tertiary/aromatic N) is 2. The van der Waals surface area contributed by atoms with E-state index in [0.29, 0.717) is 0 Å². The Hall–Kier alpha value is -1.27. The number of rotatable bonds is 3. The third-order valence-corrected chi connectivity index (χ3v) is 4.92. The summed E-state index contributed by atoms with van der Waals surface area (Å²) in [6, 6.07) is 3.82. The Balaban J connectivity index is 2.21. The summed E-state index contributed by atoms with van der Waals surface area (Å²) in [5, 5.41) is 7.21. The molecule has 0 fully saturated rings. The molecule has 18 heavy (non-hydrogen) atoms. The van der Waals surface area contributed by atoms with Gasteiger partial charge in [0.1, 0.15) is 0 Å². The van der Waals surface area contributed by atoms with Crippen LogP contribution >= 0.6 is 23.1 Å². The first-order valence-corrected chi connectivity index (χ1v) is 7.52. The normalized spacial score (nSPS) is 10.7. The first-order valence-electron chi connectivity index (χ1n) is 5.48. The first kappa shape index (κ1) is 13.2. The number of nitrogens with one attached hydrogen (secondary N) is 1. The highest BCUT2D eigenvalue weighted by molar-refractivity contribution is 8.00. The van der Waals surface area contributed by atoms with E-state index >= 15 is 0 Å². The SMILES string of the molecule is CSc1ccc(C(=O)Nc2c(C)nn(C)c2C)s1. The van der Waals surface area contributed by atoms with E-state index in [0.717, 1.165) is 26.2 Å². The van der Waals surface area contributed by atoms with Crippen molar-refractivity contribution >= 4 is 34.7 Å². The number of aromatic nitrogens is 2. The Labute approximate surface area is 114 Å². The number of hydrogen-bond acceptors (Lipinski definition) is 4. The van der Waals surface area contributed by atoms with Crippen LogP contribution in [0.1, 0.15) is 21.1 Å². The molecule has 2 aromatic heterocycles. The van der Waals surface area contributed by atoms with E-state index < -0.39 is 0 Å². The number of carbonyl (C=O) groups excluding carboxylic acids is 1. The smallest absolute Gasteiger partial charge is 0.265 e. The standard InChI is InChI=1S/C12H15N3OS2/c1-7-11(8(2)15(3)14-7)13-12(16)9-5-6-10(17-4)18-9/h5-6H,1-4H3,(H,13,16). The van der Waals surface area contributed by atoms with Crippen molar-refractivity contribution in [1.82, 2.24) is 9.78 Å². The Morgan fingerprint density at radius 3 is 2.67 bits per heavy atom. The molecular weight excluding hydrogens is 266 g/mol. The van der Waals surface area contributed by atoms with Gasteiger partial charge in [0.05, 0.1) is 26.2 Å². The van der Waals surface area contributed by atoms with Gasteiger partial charge in [-0.1, -0.05) is 0 Å². The van der Waals surface area contributed by atoms with Crippen LogP contribution in [0.25, 0.3) is 0 Å². The minimum absolute atomic E-state index is 0.0699. The van der Waals surface area contributed by atoms with Crippen LogP contribution < -0.4 is 5.32 Å². The molecule has 0 spiro atoms. The van der Waals surface area contributed by atoms with Gasteiger partial charge in [-0.25, -0.2) is 0 Å². The van der Waals surface area contributed by atoms with Crippen molar-refractivity contribution < 1.29 is 4.79 Å². The van der Waals surface area contributed by atoms with Gasteiger partial charge in [0.2, 0.25) is 0 Å². The van der Waals surface area contributed by atoms with E-state index in [1.807, 2.05) is 39.3 Å². The number of hydrogen-bond donors (Lipinski definition) is 1. The Bertz CT molecular complexity index is 586. The number of thioether (sulfide) groups is 1. The molecule has 2 rings (SSSR count). The average molecular weight is 281 g/mol. The molecule has 1 amide bonds. The molecule has 0 aliphatic heterocycles. The molecule has 0 unspecified atom stereocenters. The monoisotopic (exact) mass is 281 g/mol. The van der Waals surface area contributed by atoms with Crippen LogP contribution in [0.4, 0.5) is 5.69 Å². The molecule has 0 saturated heterocycles. The van der Waals surface area contributed by atoms with Crippen LogP contribution in [-0.2, 0) is 7.05 Å². The second-order valence-corrected chi connectivity index (χ2v) is 6.14. The summed E-state index contributed by atoms with van der Waals surface area (Å²) in [6.45, 7) is 3.84. The van der Waals surface area contributed by atoms with Crippen LogP contribution in [0.15, 0.2) is 16.3 Å². The third kappa shape index (κ3) is 2.44. The van der Waals surface area contributed by atoms with Gasteiger partial charge < -0.3 is 5.32 Å². The van der Waals surface area contributed by atoms with Crippen molar-refractivity contribution in [3.05, 3.63) is 28.4 Å². The van der Waals surface area contributed by atoms with Gasteiger partial charge in [-0.05, 0) is 32.2 Å². The molecular formula is C12H15N3OS2. The highest BCUT2D eigenvalue weighted by Gasteiger charge is 2.15. The maximum absolute atomic E-state index is 12.1. The molecule has 2 aromatic rings. The van der Waals surface area contributed by atoms with E-state index in [1.54, 1.807) is 16.4 Å². The third-order valence-electron chi connectivity index (χ3n) is 2.75. The van der Waals surface area contributed by atoms with Crippen LogP contribution in [-0.4, -0.2) is 21.9 Å². The Kier molecular flexibility index (Phi) is 3.77. The summed E-state index contributed by atoms with van der Waals surface area (Å²) < 4.78 is 2.91. The number of thiophene rings is 1. The van der Waals surface area contributed by atoms with E-state index in [9.17, 15) is 4.79 Å². The Morgan fingerprint density at radius 1 is 1.44 bits per heavy atom. The molecule has 0 atom stereocenters. The van der Waals surface area contributed by atoms with Gasteiger partial charge >= 0.3 is 0 Å². The zero-order chi connectivity index (χ0) is 13.3. The molecule has 0 bridgehead atoms. The lowest BCUT2D eigenvalue weighted by atomic mass is 10.3. The summed E-state index contributed by atoms with van der Waals surface area (Å²) in [6.07, 6.45) is 2.00. The van der Waals surface area contributed by atoms with E-state index in [2.05, 4.69) is 10.4 Å². The van der Waals surface area contributed by atoms with Crippen molar-refractivity contribution in [2.75, 3.05) is 11.6 Å². The van der Waals surface area contributed by atoms with Crippen molar-refractivity contribution in [2.45, 2.75) is 18.1 Å². The van der Waals surface area contributed by atoms with Gasteiger partial charge in [0.25, 0.3) is 5.91 Å². The molecule has 0 saturated carbocycles. The van der Waals surface area contributed by atoms with E-state index in [1.165, 1.54) is 11.3 Å². The lowest BCUT2D eigenvalue weighted by Crippen LogP contribution is -2.11. The van der Waals surface area contributed by atoms with Crippen LogP contribution in [0.5, 0.6) is 0 Å². The summed E-state index contributed by atoms with van der Waals surface area (Å²) in [7, 11) is 1.87. The summed E-state index contributed by atoms with van der Waals surface area (Å²) in [5.74, 6) is -0.0699. The van der Waals surface area contributed by atoms with Crippen LogP contribution in [0.2, 0.25) is 0 Å². The highest BCUT2D eigenvalue weighted by Crippen LogP contribution is 2.26. The zero-order valence-electron chi connectivity index (χ0n) is 10.8. The van der Waals surface area contributed by atoms with Crippen molar-refractivity contribution in [3.8, 4) is 0 Å². The predicted octanol–water partition coefficient (Wildman–Crippen LogP) is 3.07.